The molecule has 150 valence electrons. The van der Waals surface area contributed by atoms with Crippen LogP contribution in [0.5, 0.6) is 5.75 Å². The number of hydrogen-bond donors (Lipinski definition) is 1. The highest BCUT2D eigenvalue weighted by Gasteiger charge is 2.29. The molecule has 2 aliphatic rings. The molecule has 1 unspecified atom stereocenters. The normalized spacial score (nSPS) is 22.1. The van der Waals surface area contributed by atoms with E-state index < -0.39 is 0 Å². The first-order chi connectivity index (χ1) is 12.9. The lowest BCUT2D eigenvalue weighted by molar-refractivity contribution is -0.0415. The smallest absolute Gasteiger partial charge is 0.321 e. The van der Waals surface area contributed by atoms with E-state index in [9.17, 15) is 4.79 Å². The fourth-order valence-corrected chi connectivity index (χ4v) is 3.97. The number of benzene rings is 1. The van der Waals surface area contributed by atoms with Gasteiger partial charge in [0.15, 0.2) is 0 Å². The third-order valence-corrected chi connectivity index (χ3v) is 5.41. The van der Waals surface area contributed by atoms with Gasteiger partial charge in [0.25, 0.3) is 0 Å². The lowest BCUT2D eigenvalue weighted by Gasteiger charge is -2.41. The summed E-state index contributed by atoms with van der Waals surface area (Å²) in [7, 11) is 0. The maximum atomic E-state index is 12.6. The van der Waals surface area contributed by atoms with E-state index in [1.165, 1.54) is 0 Å². The van der Waals surface area contributed by atoms with Gasteiger partial charge in [-0.1, -0.05) is 11.6 Å². The molecule has 2 fully saturated rings. The number of halogens is 1. The van der Waals surface area contributed by atoms with Crippen LogP contribution in [-0.4, -0.2) is 66.9 Å². The minimum atomic E-state index is -0.0942. The fraction of sp³-hybridized carbons (Fsp3) is 0.650. The molecule has 0 spiro atoms. The van der Waals surface area contributed by atoms with Crippen molar-refractivity contribution in [3.8, 4) is 5.75 Å². The number of nitrogens with zero attached hydrogens (tertiary/aromatic N) is 2. The van der Waals surface area contributed by atoms with E-state index >= 15 is 0 Å². The summed E-state index contributed by atoms with van der Waals surface area (Å²) in [6, 6.07) is 5.80. The summed E-state index contributed by atoms with van der Waals surface area (Å²) >= 11 is 6.30. The number of likely N-dealkylation sites (tertiary alicyclic amines) is 1. The van der Waals surface area contributed by atoms with Crippen molar-refractivity contribution in [2.24, 2.45) is 0 Å². The molecule has 1 aromatic rings. The number of hydrogen-bond acceptors (Lipinski definition) is 4. The van der Waals surface area contributed by atoms with Gasteiger partial charge >= 0.3 is 6.03 Å². The zero-order chi connectivity index (χ0) is 19.4. The minimum absolute atomic E-state index is 0.0808. The number of anilines is 1. The molecule has 27 heavy (non-hydrogen) atoms. The second-order valence-electron chi connectivity index (χ2n) is 7.63. The summed E-state index contributed by atoms with van der Waals surface area (Å²) < 4.78 is 11.3. The number of nitrogens with one attached hydrogen (secondary N) is 1. The summed E-state index contributed by atoms with van der Waals surface area (Å²) in [5.41, 5.74) is 0.613. The first-order valence-electron chi connectivity index (χ1n) is 9.80. The molecule has 0 aliphatic carbocycles. The predicted molar refractivity (Wildman–Crippen MR) is 108 cm³/mol. The molecule has 0 saturated carbocycles. The van der Waals surface area contributed by atoms with Crippen LogP contribution in [0.1, 0.15) is 33.6 Å². The van der Waals surface area contributed by atoms with E-state index in [2.05, 4.69) is 17.1 Å². The molecular weight excluding hydrogens is 366 g/mol. The van der Waals surface area contributed by atoms with Crippen LogP contribution in [0.3, 0.4) is 0 Å². The van der Waals surface area contributed by atoms with Crippen molar-refractivity contribution in [3.05, 3.63) is 23.2 Å². The first kappa shape index (κ1) is 20.2. The van der Waals surface area contributed by atoms with Crippen molar-refractivity contribution in [3.63, 3.8) is 0 Å². The Hall–Kier alpha value is -1.50. The average molecular weight is 396 g/mol. The Morgan fingerprint density at radius 1 is 1.30 bits per heavy atom. The standard InChI is InChI=1S/C20H30ClN3O3/c1-14(2)27-17-4-5-19(18(21)12-17)22-20(25)23-8-6-16(7-9-23)24-10-11-26-15(3)13-24/h4-5,12,14-16H,6-11,13H2,1-3H3,(H,22,25). The zero-order valence-electron chi connectivity index (χ0n) is 16.4. The number of carbonyl (C=O) groups is 1. The van der Waals surface area contributed by atoms with E-state index in [1.807, 2.05) is 24.8 Å². The maximum Gasteiger partial charge on any atom is 0.321 e. The van der Waals surface area contributed by atoms with Gasteiger partial charge in [-0.3, -0.25) is 4.90 Å². The van der Waals surface area contributed by atoms with Crippen LogP contribution in [-0.2, 0) is 4.74 Å². The van der Waals surface area contributed by atoms with E-state index in [-0.39, 0.29) is 12.1 Å². The Balaban J connectivity index is 1.51. The fourth-order valence-electron chi connectivity index (χ4n) is 3.75. The predicted octanol–water partition coefficient (Wildman–Crippen LogP) is 3.84. The van der Waals surface area contributed by atoms with Crippen LogP contribution in [0.2, 0.25) is 5.02 Å². The molecule has 0 radical (unpaired) electrons. The van der Waals surface area contributed by atoms with E-state index in [0.29, 0.717) is 28.6 Å². The molecule has 0 bridgehead atoms. The molecule has 2 amide bonds. The molecule has 1 atom stereocenters. The number of carbonyl (C=O) groups excluding carboxylic acids is 1. The number of urea groups is 1. The van der Waals surface area contributed by atoms with Gasteiger partial charge in [-0.15, -0.1) is 0 Å². The quantitative estimate of drug-likeness (QED) is 0.841. The summed E-state index contributed by atoms with van der Waals surface area (Å²) in [6.07, 6.45) is 2.37. The van der Waals surface area contributed by atoms with Gasteiger partial charge in [0.1, 0.15) is 5.75 Å². The van der Waals surface area contributed by atoms with Crippen molar-refractivity contribution >= 4 is 23.3 Å². The molecular formula is C20H30ClN3O3. The number of rotatable bonds is 4. The van der Waals surface area contributed by atoms with Gasteiger partial charge in [0.2, 0.25) is 0 Å². The molecule has 7 heteroatoms. The van der Waals surface area contributed by atoms with Crippen molar-refractivity contribution in [1.29, 1.82) is 0 Å². The van der Waals surface area contributed by atoms with E-state index in [1.54, 1.807) is 12.1 Å². The number of amides is 2. The SMILES string of the molecule is CC(C)Oc1ccc(NC(=O)N2CCC(N3CCOC(C)C3)CC2)c(Cl)c1. The molecule has 6 nitrogen and oxygen atoms in total. The minimum Gasteiger partial charge on any atom is -0.491 e. The second-order valence-corrected chi connectivity index (χ2v) is 8.04. The Kier molecular flexibility index (Phi) is 6.84. The third kappa shape index (κ3) is 5.50. The zero-order valence-corrected chi connectivity index (χ0v) is 17.2. The molecule has 1 aromatic carbocycles. The molecule has 2 aliphatic heterocycles. The number of ether oxygens (including phenoxy) is 2. The van der Waals surface area contributed by atoms with Crippen LogP contribution in [0, 0.1) is 0 Å². The molecule has 2 saturated heterocycles. The Morgan fingerprint density at radius 3 is 2.67 bits per heavy atom. The lowest BCUT2D eigenvalue weighted by Crippen LogP contribution is -2.52. The Bertz CT molecular complexity index is 647. The highest BCUT2D eigenvalue weighted by Crippen LogP contribution is 2.28. The van der Waals surface area contributed by atoms with Crippen LogP contribution < -0.4 is 10.1 Å². The topological polar surface area (TPSA) is 54.0 Å². The monoisotopic (exact) mass is 395 g/mol. The van der Waals surface area contributed by atoms with Gasteiger partial charge in [0.05, 0.1) is 29.5 Å². The Morgan fingerprint density at radius 2 is 2.04 bits per heavy atom. The van der Waals surface area contributed by atoms with Gasteiger partial charge in [-0.25, -0.2) is 4.79 Å². The van der Waals surface area contributed by atoms with Gasteiger partial charge < -0.3 is 19.7 Å². The van der Waals surface area contributed by atoms with Crippen molar-refractivity contribution < 1.29 is 14.3 Å². The third-order valence-electron chi connectivity index (χ3n) is 5.09. The van der Waals surface area contributed by atoms with Crippen LogP contribution >= 0.6 is 11.6 Å². The van der Waals surface area contributed by atoms with Crippen molar-refractivity contribution in [2.45, 2.75) is 51.9 Å². The summed E-state index contributed by atoms with van der Waals surface area (Å²) in [6.45, 7) is 10.3. The highest BCUT2D eigenvalue weighted by atomic mass is 35.5. The van der Waals surface area contributed by atoms with E-state index in [4.69, 9.17) is 21.1 Å². The van der Waals surface area contributed by atoms with Gasteiger partial charge in [0, 0.05) is 38.3 Å². The molecule has 0 aromatic heterocycles. The first-order valence-corrected chi connectivity index (χ1v) is 10.2. The van der Waals surface area contributed by atoms with Crippen molar-refractivity contribution in [2.75, 3.05) is 38.1 Å². The molecule has 1 N–H and O–H groups in total. The number of morpholine rings is 1. The van der Waals surface area contributed by atoms with Crippen LogP contribution in [0.15, 0.2) is 18.2 Å². The van der Waals surface area contributed by atoms with Gasteiger partial charge in [-0.05, 0) is 45.7 Å². The number of piperidine rings is 1. The van der Waals surface area contributed by atoms with E-state index in [0.717, 1.165) is 45.6 Å². The van der Waals surface area contributed by atoms with Crippen molar-refractivity contribution in [1.82, 2.24) is 9.80 Å². The summed E-state index contributed by atoms with van der Waals surface area (Å²) in [5, 5.41) is 3.41. The molecule has 2 heterocycles. The largest absolute Gasteiger partial charge is 0.491 e. The maximum absolute atomic E-state index is 12.6. The van der Waals surface area contributed by atoms with Gasteiger partial charge in [-0.2, -0.15) is 0 Å². The second kappa shape index (κ2) is 9.13. The highest BCUT2D eigenvalue weighted by molar-refractivity contribution is 6.33. The summed E-state index contributed by atoms with van der Waals surface area (Å²) in [4.78, 5) is 17.0. The van der Waals surface area contributed by atoms with Crippen LogP contribution in [0.25, 0.3) is 0 Å². The summed E-state index contributed by atoms with van der Waals surface area (Å²) in [5.74, 6) is 0.702. The molecule has 3 rings (SSSR count). The lowest BCUT2D eigenvalue weighted by atomic mass is 10.0. The Labute approximate surface area is 166 Å². The average Bonchev–Trinajstić information content (AvgIpc) is 2.63. The van der Waals surface area contributed by atoms with Crippen LogP contribution in [0.4, 0.5) is 10.5 Å².